The Bertz CT molecular complexity index is 486. The number of hydrogen-bond acceptors (Lipinski definition) is 5. The molecule has 0 fully saturated rings. The van der Waals surface area contributed by atoms with Crippen LogP contribution in [0.3, 0.4) is 0 Å². The Kier molecular flexibility index (Phi) is 4.74. The first kappa shape index (κ1) is 14.8. The van der Waals surface area contributed by atoms with Crippen LogP contribution in [0.2, 0.25) is 0 Å². The molecular formula is C13H19N3O3. The summed E-state index contributed by atoms with van der Waals surface area (Å²) in [5.74, 6) is -0.902. The highest BCUT2D eigenvalue weighted by atomic mass is 16.5. The molecule has 0 aliphatic heterocycles. The first-order chi connectivity index (χ1) is 8.82. The average molecular weight is 265 g/mol. The van der Waals surface area contributed by atoms with Gasteiger partial charge in [-0.15, -0.1) is 0 Å². The van der Waals surface area contributed by atoms with E-state index >= 15 is 0 Å². The van der Waals surface area contributed by atoms with Gasteiger partial charge in [-0.2, -0.15) is 0 Å². The van der Waals surface area contributed by atoms with Crippen molar-refractivity contribution in [3.63, 3.8) is 0 Å². The second-order valence-corrected chi connectivity index (χ2v) is 4.52. The lowest BCUT2D eigenvalue weighted by Gasteiger charge is -2.21. The zero-order valence-corrected chi connectivity index (χ0v) is 11.3. The second kappa shape index (κ2) is 6.08. The minimum absolute atomic E-state index is 0.0489. The number of nitrogens with zero attached hydrogens (tertiary/aromatic N) is 1. The average Bonchev–Trinajstić information content (AvgIpc) is 2.34. The molecule has 1 aromatic carbocycles. The largest absolute Gasteiger partial charge is 0.452 e. The number of hydrogen-bond donors (Lipinski definition) is 2. The Balaban J connectivity index is 2.63. The Labute approximate surface area is 112 Å². The van der Waals surface area contributed by atoms with Crippen LogP contribution in [0.25, 0.3) is 0 Å². The normalized spacial score (nSPS) is 10.3. The molecule has 0 aromatic heterocycles. The first-order valence-electron chi connectivity index (χ1n) is 5.90. The molecule has 0 saturated heterocycles. The molecule has 0 spiro atoms. The summed E-state index contributed by atoms with van der Waals surface area (Å²) >= 11 is 0. The number of nitrogens with two attached hydrogens (primary N) is 2. The molecule has 0 radical (unpaired) electrons. The highest BCUT2D eigenvalue weighted by Crippen LogP contribution is 2.16. The number of esters is 1. The number of ether oxygens (including phenoxy) is 1. The molecule has 1 amide bonds. The van der Waals surface area contributed by atoms with Gasteiger partial charge in [0.2, 0.25) is 0 Å². The van der Waals surface area contributed by atoms with Crippen LogP contribution >= 0.6 is 0 Å². The van der Waals surface area contributed by atoms with E-state index in [2.05, 4.69) is 0 Å². The third kappa shape index (κ3) is 3.87. The summed E-state index contributed by atoms with van der Waals surface area (Å²) < 4.78 is 4.93. The van der Waals surface area contributed by atoms with Crippen molar-refractivity contribution in [1.29, 1.82) is 0 Å². The number of likely N-dealkylation sites (N-methyl/N-ethyl adjacent to an activating group) is 1. The molecule has 0 aliphatic rings. The molecule has 0 unspecified atom stereocenters. The number of anilines is 2. The number of nitrogen functional groups attached to an aromatic ring is 2. The summed E-state index contributed by atoms with van der Waals surface area (Å²) in [6, 6.07) is 4.55. The fourth-order valence-electron chi connectivity index (χ4n) is 1.36. The smallest absolute Gasteiger partial charge is 0.340 e. The van der Waals surface area contributed by atoms with Crippen LogP contribution in [-0.4, -0.2) is 36.5 Å². The van der Waals surface area contributed by atoms with E-state index in [1.807, 2.05) is 13.8 Å². The Hall–Kier alpha value is -2.24. The summed E-state index contributed by atoms with van der Waals surface area (Å²) in [7, 11) is 1.65. The van der Waals surface area contributed by atoms with Crippen LogP contribution in [0.5, 0.6) is 0 Å². The third-order valence-corrected chi connectivity index (χ3v) is 2.79. The van der Waals surface area contributed by atoms with E-state index in [4.69, 9.17) is 16.2 Å². The molecule has 19 heavy (non-hydrogen) atoms. The lowest BCUT2D eigenvalue weighted by Crippen LogP contribution is -2.36. The van der Waals surface area contributed by atoms with Crippen LogP contribution < -0.4 is 11.5 Å². The fourth-order valence-corrected chi connectivity index (χ4v) is 1.36. The van der Waals surface area contributed by atoms with E-state index in [9.17, 15) is 9.59 Å². The molecule has 6 heteroatoms. The number of rotatable bonds is 4. The molecule has 1 aromatic rings. The summed E-state index contributed by atoms with van der Waals surface area (Å²) in [6.45, 7) is 3.44. The maximum atomic E-state index is 11.8. The zero-order chi connectivity index (χ0) is 14.6. The molecule has 0 aliphatic carbocycles. The third-order valence-electron chi connectivity index (χ3n) is 2.79. The number of amides is 1. The second-order valence-electron chi connectivity index (χ2n) is 4.52. The van der Waals surface area contributed by atoms with Crippen LogP contribution in [0, 0.1) is 0 Å². The Morgan fingerprint density at radius 3 is 2.47 bits per heavy atom. The van der Waals surface area contributed by atoms with E-state index in [1.165, 1.54) is 17.0 Å². The first-order valence-corrected chi connectivity index (χ1v) is 5.90. The van der Waals surface area contributed by atoms with Gasteiger partial charge in [-0.25, -0.2) is 4.79 Å². The summed E-state index contributed by atoms with van der Waals surface area (Å²) in [5.41, 5.74) is 12.1. The van der Waals surface area contributed by atoms with Crippen molar-refractivity contribution >= 4 is 23.3 Å². The van der Waals surface area contributed by atoms with Crippen molar-refractivity contribution in [3.05, 3.63) is 23.8 Å². The van der Waals surface area contributed by atoms with Crippen molar-refractivity contribution in [1.82, 2.24) is 4.90 Å². The van der Waals surface area contributed by atoms with Gasteiger partial charge in [0.05, 0.1) is 5.56 Å². The number of carbonyl (C=O) groups is 2. The molecule has 0 heterocycles. The van der Waals surface area contributed by atoms with E-state index in [1.54, 1.807) is 13.1 Å². The lowest BCUT2D eigenvalue weighted by atomic mass is 10.1. The van der Waals surface area contributed by atoms with Crippen LogP contribution in [-0.2, 0) is 9.53 Å². The van der Waals surface area contributed by atoms with Gasteiger partial charge >= 0.3 is 5.97 Å². The molecule has 0 bridgehead atoms. The van der Waals surface area contributed by atoms with Crippen LogP contribution in [0.15, 0.2) is 18.2 Å². The predicted octanol–water partition coefficient (Wildman–Crippen LogP) is 0.875. The fraction of sp³-hybridized carbons (Fsp3) is 0.385. The summed E-state index contributed by atoms with van der Waals surface area (Å²) in [6.07, 6.45) is 0. The molecule has 6 nitrogen and oxygen atoms in total. The molecule has 0 saturated carbocycles. The van der Waals surface area contributed by atoms with Gasteiger partial charge in [0.1, 0.15) is 0 Å². The van der Waals surface area contributed by atoms with Crippen molar-refractivity contribution in [2.75, 3.05) is 25.1 Å². The van der Waals surface area contributed by atoms with Gasteiger partial charge < -0.3 is 21.1 Å². The van der Waals surface area contributed by atoms with Gasteiger partial charge in [0, 0.05) is 24.5 Å². The van der Waals surface area contributed by atoms with Gasteiger partial charge in [-0.3, -0.25) is 4.79 Å². The van der Waals surface area contributed by atoms with Crippen molar-refractivity contribution in [2.45, 2.75) is 19.9 Å². The lowest BCUT2D eigenvalue weighted by molar-refractivity contribution is -0.134. The van der Waals surface area contributed by atoms with Crippen LogP contribution in [0.1, 0.15) is 24.2 Å². The van der Waals surface area contributed by atoms with E-state index in [0.717, 1.165) is 0 Å². The van der Waals surface area contributed by atoms with E-state index in [-0.39, 0.29) is 29.8 Å². The van der Waals surface area contributed by atoms with E-state index in [0.29, 0.717) is 5.69 Å². The number of carbonyl (C=O) groups excluding carboxylic acids is 2. The minimum atomic E-state index is -0.636. The van der Waals surface area contributed by atoms with Crippen molar-refractivity contribution < 1.29 is 14.3 Å². The van der Waals surface area contributed by atoms with Crippen LogP contribution in [0.4, 0.5) is 11.4 Å². The Morgan fingerprint density at radius 2 is 1.95 bits per heavy atom. The van der Waals surface area contributed by atoms with Gasteiger partial charge in [-0.1, -0.05) is 0 Å². The maximum Gasteiger partial charge on any atom is 0.340 e. The van der Waals surface area contributed by atoms with Crippen molar-refractivity contribution in [2.24, 2.45) is 0 Å². The molecule has 1 rings (SSSR count). The SMILES string of the molecule is CC(C)N(C)C(=O)COC(=O)c1ccc(N)cc1N. The highest BCUT2D eigenvalue weighted by molar-refractivity contribution is 5.96. The van der Waals surface area contributed by atoms with Gasteiger partial charge in [-0.05, 0) is 32.0 Å². The van der Waals surface area contributed by atoms with Gasteiger partial charge in [0.25, 0.3) is 5.91 Å². The monoisotopic (exact) mass is 265 g/mol. The molecule has 0 atom stereocenters. The highest BCUT2D eigenvalue weighted by Gasteiger charge is 2.16. The number of benzene rings is 1. The topological polar surface area (TPSA) is 98.6 Å². The summed E-state index contributed by atoms with van der Waals surface area (Å²) in [4.78, 5) is 24.9. The standard InChI is InChI=1S/C13H19N3O3/c1-8(2)16(3)12(17)7-19-13(18)10-5-4-9(14)6-11(10)15/h4-6,8H,7,14-15H2,1-3H3. The Morgan fingerprint density at radius 1 is 1.32 bits per heavy atom. The molecule has 4 N–H and O–H groups in total. The van der Waals surface area contributed by atoms with Crippen molar-refractivity contribution in [3.8, 4) is 0 Å². The summed E-state index contributed by atoms with van der Waals surface area (Å²) in [5, 5.41) is 0. The zero-order valence-electron chi connectivity index (χ0n) is 11.3. The van der Waals surface area contributed by atoms with E-state index < -0.39 is 5.97 Å². The minimum Gasteiger partial charge on any atom is -0.452 e. The molecular weight excluding hydrogens is 246 g/mol. The van der Waals surface area contributed by atoms with Gasteiger partial charge in [0.15, 0.2) is 6.61 Å². The predicted molar refractivity (Wildman–Crippen MR) is 73.5 cm³/mol. The molecule has 104 valence electrons. The quantitative estimate of drug-likeness (QED) is 0.622. The maximum absolute atomic E-state index is 11.8.